The first-order valence-electron chi connectivity index (χ1n) is 10.0. The zero-order valence-electron chi connectivity index (χ0n) is 16.9. The first-order valence-corrected chi connectivity index (χ1v) is 10.0. The van der Waals surface area contributed by atoms with Crippen molar-refractivity contribution in [3.05, 3.63) is 24.3 Å². The Morgan fingerprint density at radius 2 is 1.78 bits per heavy atom. The summed E-state index contributed by atoms with van der Waals surface area (Å²) in [5.74, 6) is 1.97. The van der Waals surface area contributed by atoms with E-state index in [0.29, 0.717) is 12.5 Å². The minimum Gasteiger partial charge on any atom is -0.497 e. The van der Waals surface area contributed by atoms with Crippen molar-refractivity contribution in [3.63, 3.8) is 0 Å². The maximum atomic E-state index is 12.6. The molecule has 0 radical (unpaired) electrons. The van der Waals surface area contributed by atoms with Crippen molar-refractivity contribution < 1.29 is 14.3 Å². The van der Waals surface area contributed by atoms with Gasteiger partial charge in [0.2, 0.25) is 5.91 Å². The molecule has 0 aliphatic carbocycles. The SMILES string of the molecule is COc1ccc(OC2CCN(C(=O)CCN(C)[C@@H]3CCN(C)C3)CC2)cc1. The van der Waals surface area contributed by atoms with Crippen LogP contribution in [0.15, 0.2) is 24.3 Å². The minimum absolute atomic E-state index is 0.180. The van der Waals surface area contributed by atoms with Crippen LogP contribution in [0.3, 0.4) is 0 Å². The molecule has 0 unspecified atom stereocenters. The van der Waals surface area contributed by atoms with E-state index >= 15 is 0 Å². The fourth-order valence-electron chi connectivity index (χ4n) is 3.95. The van der Waals surface area contributed by atoms with Gasteiger partial charge in [-0.15, -0.1) is 0 Å². The van der Waals surface area contributed by atoms with Crippen LogP contribution >= 0.6 is 0 Å². The number of hydrogen-bond acceptors (Lipinski definition) is 5. The molecular weight excluding hydrogens is 342 g/mol. The number of hydrogen-bond donors (Lipinski definition) is 0. The van der Waals surface area contributed by atoms with Crippen molar-refractivity contribution in [1.82, 2.24) is 14.7 Å². The quantitative estimate of drug-likeness (QED) is 0.730. The second-order valence-electron chi connectivity index (χ2n) is 7.81. The molecule has 1 aromatic carbocycles. The first-order chi connectivity index (χ1) is 13.0. The summed E-state index contributed by atoms with van der Waals surface area (Å²) < 4.78 is 11.2. The predicted octanol–water partition coefficient (Wildman–Crippen LogP) is 2.09. The molecule has 3 rings (SSSR count). The van der Waals surface area contributed by atoms with Gasteiger partial charge in [0, 0.05) is 51.5 Å². The van der Waals surface area contributed by atoms with Crippen LogP contribution in [0.4, 0.5) is 0 Å². The topological polar surface area (TPSA) is 45.3 Å². The standard InChI is InChI=1S/C21H33N3O3/c1-22-12-8-17(16-22)23(2)13-11-21(25)24-14-9-20(10-15-24)27-19-6-4-18(26-3)5-7-19/h4-7,17,20H,8-16H2,1-3H3/t17-/m1/s1. The highest BCUT2D eigenvalue weighted by molar-refractivity contribution is 5.76. The number of likely N-dealkylation sites (tertiary alicyclic amines) is 2. The third kappa shape index (κ3) is 5.59. The van der Waals surface area contributed by atoms with Crippen molar-refractivity contribution in [2.45, 2.75) is 37.8 Å². The summed E-state index contributed by atoms with van der Waals surface area (Å²) in [5.41, 5.74) is 0. The van der Waals surface area contributed by atoms with Crippen LogP contribution in [0.25, 0.3) is 0 Å². The molecular formula is C21H33N3O3. The smallest absolute Gasteiger partial charge is 0.223 e. The van der Waals surface area contributed by atoms with Gasteiger partial charge in [-0.05, 0) is 51.3 Å². The number of rotatable bonds is 7. The number of piperidine rings is 1. The van der Waals surface area contributed by atoms with E-state index < -0.39 is 0 Å². The number of likely N-dealkylation sites (N-methyl/N-ethyl adjacent to an activating group) is 2. The molecule has 27 heavy (non-hydrogen) atoms. The molecule has 1 aromatic rings. The van der Waals surface area contributed by atoms with Crippen LogP contribution in [0.5, 0.6) is 11.5 Å². The molecule has 6 heteroatoms. The van der Waals surface area contributed by atoms with Gasteiger partial charge in [0.15, 0.2) is 0 Å². The fraction of sp³-hybridized carbons (Fsp3) is 0.667. The molecule has 1 atom stereocenters. The van der Waals surface area contributed by atoms with Gasteiger partial charge in [0.1, 0.15) is 17.6 Å². The molecule has 0 N–H and O–H groups in total. The third-order valence-corrected chi connectivity index (χ3v) is 5.83. The molecule has 2 aliphatic rings. The molecule has 2 saturated heterocycles. The Morgan fingerprint density at radius 3 is 2.37 bits per heavy atom. The third-order valence-electron chi connectivity index (χ3n) is 5.83. The van der Waals surface area contributed by atoms with E-state index in [0.717, 1.165) is 57.1 Å². The minimum atomic E-state index is 0.180. The Balaban J connectivity index is 1.37. The molecule has 6 nitrogen and oxygen atoms in total. The molecule has 0 bridgehead atoms. The zero-order chi connectivity index (χ0) is 19.2. The van der Waals surface area contributed by atoms with E-state index in [1.165, 1.54) is 6.42 Å². The van der Waals surface area contributed by atoms with Crippen LogP contribution in [0.2, 0.25) is 0 Å². The second-order valence-corrected chi connectivity index (χ2v) is 7.81. The van der Waals surface area contributed by atoms with Crippen molar-refractivity contribution in [2.24, 2.45) is 0 Å². The normalized spacial score (nSPS) is 21.6. The van der Waals surface area contributed by atoms with Gasteiger partial charge >= 0.3 is 0 Å². The number of methoxy groups -OCH3 is 1. The summed E-state index contributed by atoms with van der Waals surface area (Å²) in [6.07, 6.45) is 3.78. The highest BCUT2D eigenvalue weighted by Gasteiger charge is 2.26. The molecule has 2 fully saturated rings. The lowest BCUT2D eigenvalue weighted by Crippen LogP contribution is -2.43. The van der Waals surface area contributed by atoms with Gasteiger partial charge < -0.3 is 24.2 Å². The summed E-state index contributed by atoms with van der Waals surface area (Å²) in [5, 5.41) is 0. The lowest BCUT2D eigenvalue weighted by Gasteiger charge is -2.33. The van der Waals surface area contributed by atoms with E-state index in [9.17, 15) is 4.79 Å². The maximum absolute atomic E-state index is 12.6. The highest BCUT2D eigenvalue weighted by atomic mass is 16.5. The molecule has 0 spiro atoms. The van der Waals surface area contributed by atoms with E-state index in [1.807, 2.05) is 29.2 Å². The Labute approximate surface area is 163 Å². The van der Waals surface area contributed by atoms with Crippen molar-refractivity contribution in [3.8, 4) is 11.5 Å². The lowest BCUT2D eigenvalue weighted by molar-refractivity contribution is -0.133. The van der Waals surface area contributed by atoms with Gasteiger partial charge in [-0.3, -0.25) is 4.79 Å². The van der Waals surface area contributed by atoms with E-state index in [2.05, 4.69) is 23.9 Å². The Kier molecular flexibility index (Phi) is 6.96. The number of nitrogens with zero attached hydrogens (tertiary/aromatic N) is 3. The Morgan fingerprint density at radius 1 is 1.11 bits per heavy atom. The van der Waals surface area contributed by atoms with Crippen molar-refractivity contribution in [1.29, 1.82) is 0 Å². The molecule has 150 valence electrons. The van der Waals surface area contributed by atoms with Crippen LogP contribution in [0.1, 0.15) is 25.7 Å². The largest absolute Gasteiger partial charge is 0.497 e. The van der Waals surface area contributed by atoms with Gasteiger partial charge in [-0.1, -0.05) is 0 Å². The molecule has 2 aliphatic heterocycles. The number of carbonyl (C=O) groups is 1. The van der Waals surface area contributed by atoms with Gasteiger partial charge in [0.25, 0.3) is 0 Å². The van der Waals surface area contributed by atoms with Crippen LogP contribution in [-0.2, 0) is 4.79 Å². The summed E-state index contributed by atoms with van der Waals surface area (Å²) in [6, 6.07) is 8.28. The van der Waals surface area contributed by atoms with Gasteiger partial charge in [0.05, 0.1) is 7.11 Å². The van der Waals surface area contributed by atoms with Crippen LogP contribution in [0, 0.1) is 0 Å². The summed E-state index contributed by atoms with van der Waals surface area (Å²) in [4.78, 5) is 19.3. The summed E-state index contributed by atoms with van der Waals surface area (Å²) >= 11 is 0. The van der Waals surface area contributed by atoms with Crippen molar-refractivity contribution >= 4 is 5.91 Å². The Bertz CT molecular complexity index is 599. The first kappa shape index (κ1) is 20.0. The van der Waals surface area contributed by atoms with E-state index in [1.54, 1.807) is 7.11 Å². The maximum Gasteiger partial charge on any atom is 0.223 e. The average Bonchev–Trinajstić information content (AvgIpc) is 3.13. The average molecular weight is 376 g/mol. The zero-order valence-corrected chi connectivity index (χ0v) is 16.9. The summed E-state index contributed by atoms with van der Waals surface area (Å²) in [7, 11) is 5.97. The van der Waals surface area contributed by atoms with Gasteiger partial charge in [-0.25, -0.2) is 0 Å². The van der Waals surface area contributed by atoms with E-state index in [4.69, 9.17) is 9.47 Å². The number of carbonyl (C=O) groups excluding carboxylic acids is 1. The fourth-order valence-corrected chi connectivity index (χ4v) is 3.95. The van der Waals surface area contributed by atoms with Crippen LogP contribution < -0.4 is 9.47 Å². The van der Waals surface area contributed by atoms with Crippen LogP contribution in [-0.4, -0.2) is 86.7 Å². The number of benzene rings is 1. The molecule has 0 saturated carbocycles. The predicted molar refractivity (Wildman–Crippen MR) is 106 cm³/mol. The highest BCUT2D eigenvalue weighted by Crippen LogP contribution is 2.22. The summed E-state index contributed by atoms with van der Waals surface area (Å²) in [6.45, 7) is 4.69. The molecule has 1 amide bonds. The second kappa shape index (κ2) is 9.42. The van der Waals surface area contributed by atoms with Gasteiger partial charge in [-0.2, -0.15) is 0 Å². The lowest BCUT2D eigenvalue weighted by atomic mass is 10.1. The molecule has 0 aromatic heterocycles. The number of amides is 1. The number of ether oxygens (including phenoxy) is 2. The molecule has 2 heterocycles. The van der Waals surface area contributed by atoms with Crippen molar-refractivity contribution in [2.75, 3.05) is 53.9 Å². The monoisotopic (exact) mass is 375 g/mol. The Hall–Kier alpha value is -1.79. The van der Waals surface area contributed by atoms with E-state index in [-0.39, 0.29) is 12.0 Å².